The van der Waals surface area contributed by atoms with Gasteiger partial charge in [-0.25, -0.2) is 0 Å². The van der Waals surface area contributed by atoms with Crippen LogP contribution in [0.3, 0.4) is 0 Å². The van der Waals surface area contributed by atoms with Gasteiger partial charge in [-0.15, -0.1) is 0 Å². The van der Waals surface area contributed by atoms with Crippen LogP contribution in [0.5, 0.6) is 0 Å². The van der Waals surface area contributed by atoms with Gasteiger partial charge >= 0.3 is 0 Å². The molecule has 0 amide bonds. The third-order valence-corrected chi connectivity index (χ3v) is 3.17. The summed E-state index contributed by atoms with van der Waals surface area (Å²) in [6.07, 6.45) is 0.775. The van der Waals surface area contributed by atoms with Gasteiger partial charge in [0.15, 0.2) is 0 Å². The minimum atomic E-state index is -0.388. The first-order valence-corrected chi connectivity index (χ1v) is 6.47. The topological polar surface area (TPSA) is 34.1 Å². The van der Waals surface area contributed by atoms with E-state index < -0.39 is 0 Å². The van der Waals surface area contributed by atoms with E-state index in [9.17, 15) is 9.59 Å². The smallest absolute Gasteiger partial charge is 0.140 e. The molecule has 1 aromatic rings. The molecule has 18 heavy (non-hydrogen) atoms. The van der Waals surface area contributed by atoms with E-state index in [-0.39, 0.29) is 22.9 Å². The monoisotopic (exact) mass is 246 g/mol. The first kappa shape index (κ1) is 14.6. The standard InChI is InChI=1S/C16H22O2/c1-5-14(17)13(11-15(18)16(2,3)4)12-9-7-6-8-10-12/h6-10,13H,5,11H2,1-4H3. The summed E-state index contributed by atoms with van der Waals surface area (Å²) in [6, 6.07) is 9.59. The fourth-order valence-electron chi connectivity index (χ4n) is 1.84. The van der Waals surface area contributed by atoms with Crippen LogP contribution in [0.25, 0.3) is 0 Å². The number of Topliss-reactive ketones (excluding diaryl/α,β-unsaturated/α-hetero) is 2. The zero-order chi connectivity index (χ0) is 13.8. The van der Waals surface area contributed by atoms with Crippen LogP contribution >= 0.6 is 0 Å². The number of rotatable bonds is 5. The van der Waals surface area contributed by atoms with Gasteiger partial charge in [-0.3, -0.25) is 9.59 Å². The first-order valence-electron chi connectivity index (χ1n) is 6.47. The summed E-state index contributed by atoms with van der Waals surface area (Å²) in [6.45, 7) is 7.54. The summed E-state index contributed by atoms with van der Waals surface area (Å²) in [7, 11) is 0. The van der Waals surface area contributed by atoms with Crippen LogP contribution < -0.4 is 0 Å². The fourth-order valence-corrected chi connectivity index (χ4v) is 1.84. The molecule has 2 heteroatoms. The molecule has 1 atom stereocenters. The maximum atomic E-state index is 12.1. The van der Waals surface area contributed by atoms with E-state index in [1.807, 2.05) is 58.0 Å². The number of hydrogen-bond acceptors (Lipinski definition) is 2. The Bertz CT molecular complexity index is 412. The molecule has 0 radical (unpaired) electrons. The van der Waals surface area contributed by atoms with Gasteiger partial charge in [0.25, 0.3) is 0 Å². The van der Waals surface area contributed by atoms with Gasteiger partial charge in [-0.2, -0.15) is 0 Å². The summed E-state index contributed by atoms with van der Waals surface area (Å²) in [5.74, 6) is -0.0140. The van der Waals surface area contributed by atoms with Crippen LogP contribution in [0.2, 0.25) is 0 Å². The molecule has 1 rings (SSSR count). The first-order chi connectivity index (χ1) is 8.36. The SMILES string of the molecule is CCC(=O)C(CC(=O)C(C)(C)C)c1ccccc1. The maximum absolute atomic E-state index is 12.1. The Morgan fingerprint density at radius 3 is 2.11 bits per heavy atom. The van der Waals surface area contributed by atoms with Gasteiger partial charge in [0.1, 0.15) is 11.6 Å². The highest BCUT2D eigenvalue weighted by atomic mass is 16.1. The highest BCUT2D eigenvalue weighted by Gasteiger charge is 2.28. The van der Waals surface area contributed by atoms with Crippen molar-refractivity contribution in [2.75, 3.05) is 0 Å². The molecule has 0 aliphatic carbocycles. The lowest BCUT2D eigenvalue weighted by Gasteiger charge is -2.21. The largest absolute Gasteiger partial charge is 0.299 e. The van der Waals surface area contributed by atoms with Crippen LogP contribution in [0.4, 0.5) is 0 Å². The molecule has 98 valence electrons. The van der Waals surface area contributed by atoms with Crippen molar-refractivity contribution in [3.63, 3.8) is 0 Å². The molecule has 2 nitrogen and oxygen atoms in total. The van der Waals surface area contributed by atoms with Crippen molar-refractivity contribution in [2.24, 2.45) is 5.41 Å². The van der Waals surface area contributed by atoms with Gasteiger partial charge in [0.2, 0.25) is 0 Å². The third kappa shape index (κ3) is 3.80. The molecule has 0 bridgehead atoms. The summed E-state index contributed by atoms with van der Waals surface area (Å²) < 4.78 is 0. The number of carbonyl (C=O) groups excluding carboxylic acids is 2. The van der Waals surface area contributed by atoms with Crippen LogP contribution in [0, 0.1) is 5.41 Å². The Kier molecular flexibility index (Phi) is 4.83. The van der Waals surface area contributed by atoms with Gasteiger partial charge < -0.3 is 0 Å². The number of benzene rings is 1. The second-order valence-electron chi connectivity index (χ2n) is 5.66. The molecule has 0 aromatic heterocycles. The molecule has 0 spiro atoms. The van der Waals surface area contributed by atoms with Crippen molar-refractivity contribution in [1.29, 1.82) is 0 Å². The quantitative estimate of drug-likeness (QED) is 0.792. The van der Waals surface area contributed by atoms with Crippen LogP contribution in [0.15, 0.2) is 30.3 Å². The lowest BCUT2D eigenvalue weighted by molar-refractivity contribution is -0.130. The third-order valence-electron chi connectivity index (χ3n) is 3.17. The molecule has 0 heterocycles. The predicted octanol–water partition coefficient (Wildman–Crippen LogP) is 3.75. The summed E-state index contributed by atoms with van der Waals surface area (Å²) in [5, 5.41) is 0. The normalized spacial score (nSPS) is 13.1. The maximum Gasteiger partial charge on any atom is 0.140 e. The Morgan fingerprint density at radius 1 is 1.11 bits per heavy atom. The Morgan fingerprint density at radius 2 is 1.67 bits per heavy atom. The fraction of sp³-hybridized carbons (Fsp3) is 0.500. The predicted molar refractivity (Wildman–Crippen MR) is 73.6 cm³/mol. The van der Waals surface area contributed by atoms with Crippen molar-refractivity contribution >= 4 is 11.6 Å². The van der Waals surface area contributed by atoms with Crippen LogP contribution in [-0.4, -0.2) is 11.6 Å². The minimum Gasteiger partial charge on any atom is -0.299 e. The molecule has 1 aromatic carbocycles. The van der Waals surface area contributed by atoms with Crippen LogP contribution in [-0.2, 0) is 9.59 Å². The van der Waals surface area contributed by atoms with Crippen molar-refractivity contribution in [3.05, 3.63) is 35.9 Å². The van der Waals surface area contributed by atoms with Crippen molar-refractivity contribution in [3.8, 4) is 0 Å². The zero-order valence-electron chi connectivity index (χ0n) is 11.7. The molecule has 1 unspecified atom stereocenters. The summed E-state index contributed by atoms with van der Waals surface area (Å²) >= 11 is 0. The van der Waals surface area contributed by atoms with Crippen molar-refractivity contribution in [1.82, 2.24) is 0 Å². The molecular weight excluding hydrogens is 224 g/mol. The lowest BCUT2D eigenvalue weighted by atomic mass is 9.81. The van der Waals surface area contributed by atoms with Gasteiger partial charge in [-0.05, 0) is 5.56 Å². The molecule has 0 fully saturated rings. The molecule has 0 saturated carbocycles. The van der Waals surface area contributed by atoms with E-state index in [2.05, 4.69) is 0 Å². The van der Waals surface area contributed by atoms with E-state index in [0.29, 0.717) is 12.8 Å². The van der Waals surface area contributed by atoms with Gasteiger partial charge in [0.05, 0.1) is 0 Å². The number of ketones is 2. The van der Waals surface area contributed by atoms with Gasteiger partial charge in [0, 0.05) is 24.2 Å². The average molecular weight is 246 g/mol. The molecule has 0 aliphatic heterocycles. The zero-order valence-corrected chi connectivity index (χ0v) is 11.7. The molecular formula is C16H22O2. The van der Waals surface area contributed by atoms with E-state index in [0.717, 1.165) is 5.56 Å². The van der Waals surface area contributed by atoms with E-state index in [1.54, 1.807) is 0 Å². The minimum absolute atomic E-state index is 0.137. The van der Waals surface area contributed by atoms with E-state index in [1.165, 1.54) is 0 Å². The van der Waals surface area contributed by atoms with Crippen LogP contribution in [0.1, 0.15) is 52.0 Å². The highest BCUT2D eigenvalue weighted by Crippen LogP contribution is 2.27. The van der Waals surface area contributed by atoms with Crippen molar-refractivity contribution in [2.45, 2.75) is 46.5 Å². The summed E-state index contributed by atoms with van der Waals surface area (Å²) in [5.41, 5.74) is 0.558. The lowest BCUT2D eigenvalue weighted by Crippen LogP contribution is -2.25. The Labute approximate surface area is 109 Å². The highest BCUT2D eigenvalue weighted by molar-refractivity contribution is 5.93. The molecule has 0 N–H and O–H groups in total. The average Bonchev–Trinajstić information content (AvgIpc) is 2.34. The number of carbonyl (C=O) groups is 2. The van der Waals surface area contributed by atoms with E-state index in [4.69, 9.17) is 0 Å². The second kappa shape index (κ2) is 5.94. The molecule has 0 saturated heterocycles. The number of hydrogen-bond donors (Lipinski definition) is 0. The Balaban J connectivity index is 2.95. The molecule has 0 aliphatic rings. The van der Waals surface area contributed by atoms with E-state index >= 15 is 0 Å². The summed E-state index contributed by atoms with van der Waals surface area (Å²) in [4.78, 5) is 24.1. The Hall–Kier alpha value is -1.44. The van der Waals surface area contributed by atoms with Crippen molar-refractivity contribution < 1.29 is 9.59 Å². The second-order valence-corrected chi connectivity index (χ2v) is 5.66. The van der Waals surface area contributed by atoms with Gasteiger partial charge in [-0.1, -0.05) is 58.0 Å².